The molecule has 88 valence electrons. The predicted molar refractivity (Wildman–Crippen MR) is 68.1 cm³/mol. The Kier molecular flexibility index (Phi) is 5.35. The minimum atomic E-state index is -0.879. The minimum Gasteiger partial charge on any atom is -0.478 e. The highest BCUT2D eigenvalue weighted by Gasteiger charge is 2.03. The molecule has 2 N–H and O–H groups in total. The molecule has 0 aliphatic rings. The summed E-state index contributed by atoms with van der Waals surface area (Å²) < 4.78 is 0. The fourth-order valence-electron chi connectivity index (χ4n) is 1.37. The van der Waals surface area contributed by atoms with E-state index < -0.39 is 5.97 Å². The molecule has 0 radical (unpaired) electrons. The molecule has 0 aliphatic carbocycles. The van der Waals surface area contributed by atoms with Crippen LogP contribution in [0.1, 0.15) is 22.8 Å². The first-order valence-corrected chi connectivity index (χ1v) is 6.57. The standard InChI is InChI=1S/C12H17NO2S/c1-9(8-16-2)13-7-10-3-5-11(6-4-10)12(14)15/h3-6,9,13H,7-8H2,1-2H3,(H,14,15). The van der Waals surface area contributed by atoms with Crippen molar-refractivity contribution < 1.29 is 9.90 Å². The van der Waals surface area contributed by atoms with Crippen LogP contribution < -0.4 is 5.32 Å². The highest BCUT2D eigenvalue weighted by Crippen LogP contribution is 2.05. The summed E-state index contributed by atoms with van der Waals surface area (Å²) in [6, 6.07) is 7.44. The zero-order valence-electron chi connectivity index (χ0n) is 9.56. The van der Waals surface area contributed by atoms with Gasteiger partial charge in [-0.25, -0.2) is 4.79 Å². The van der Waals surface area contributed by atoms with Gasteiger partial charge in [-0.15, -0.1) is 0 Å². The van der Waals surface area contributed by atoms with Crippen LogP contribution in [0.4, 0.5) is 0 Å². The number of carboxylic acids is 1. The molecule has 0 aliphatic heterocycles. The van der Waals surface area contributed by atoms with Crippen molar-refractivity contribution >= 4 is 17.7 Å². The fourth-order valence-corrected chi connectivity index (χ4v) is 1.98. The number of rotatable bonds is 6. The van der Waals surface area contributed by atoms with E-state index in [0.717, 1.165) is 17.9 Å². The second-order valence-corrected chi connectivity index (χ2v) is 4.65. The molecule has 1 atom stereocenters. The largest absolute Gasteiger partial charge is 0.478 e. The molecule has 0 saturated heterocycles. The Morgan fingerprint density at radius 3 is 2.56 bits per heavy atom. The average molecular weight is 239 g/mol. The second-order valence-electron chi connectivity index (χ2n) is 3.74. The lowest BCUT2D eigenvalue weighted by atomic mass is 10.1. The van der Waals surface area contributed by atoms with E-state index in [0.29, 0.717) is 11.6 Å². The van der Waals surface area contributed by atoms with Crippen molar-refractivity contribution in [2.45, 2.75) is 19.5 Å². The van der Waals surface area contributed by atoms with Gasteiger partial charge >= 0.3 is 5.97 Å². The molecule has 1 unspecified atom stereocenters. The Bertz CT molecular complexity index is 337. The molecule has 4 heteroatoms. The highest BCUT2D eigenvalue weighted by atomic mass is 32.2. The molecule has 0 amide bonds. The molecule has 0 spiro atoms. The van der Waals surface area contributed by atoms with E-state index in [9.17, 15) is 4.79 Å². The summed E-state index contributed by atoms with van der Waals surface area (Å²) in [5, 5.41) is 12.1. The van der Waals surface area contributed by atoms with Crippen molar-refractivity contribution in [2.24, 2.45) is 0 Å². The minimum absolute atomic E-state index is 0.334. The Balaban J connectivity index is 2.46. The van der Waals surface area contributed by atoms with E-state index in [4.69, 9.17) is 5.11 Å². The summed E-state index contributed by atoms with van der Waals surface area (Å²) in [4.78, 5) is 10.6. The van der Waals surface area contributed by atoms with Crippen molar-refractivity contribution in [1.82, 2.24) is 5.32 Å². The van der Waals surface area contributed by atoms with Crippen molar-refractivity contribution in [3.05, 3.63) is 35.4 Å². The summed E-state index contributed by atoms with van der Waals surface area (Å²) in [7, 11) is 0. The lowest BCUT2D eigenvalue weighted by Gasteiger charge is -2.12. The van der Waals surface area contributed by atoms with Gasteiger partial charge in [0.25, 0.3) is 0 Å². The van der Waals surface area contributed by atoms with Crippen LogP contribution in [0.2, 0.25) is 0 Å². The molecule has 0 heterocycles. The van der Waals surface area contributed by atoms with Gasteiger partial charge in [0, 0.05) is 18.3 Å². The molecule has 1 rings (SSSR count). The van der Waals surface area contributed by atoms with Gasteiger partial charge in [-0.3, -0.25) is 0 Å². The molecular weight excluding hydrogens is 222 g/mol. The number of hydrogen-bond acceptors (Lipinski definition) is 3. The Labute approximate surface area is 100 Å². The van der Waals surface area contributed by atoms with Crippen molar-refractivity contribution in [3.63, 3.8) is 0 Å². The third-order valence-electron chi connectivity index (χ3n) is 2.27. The van der Waals surface area contributed by atoms with Gasteiger partial charge in [0.15, 0.2) is 0 Å². The molecule has 0 saturated carbocycles. The van der Waals surface area contributed by atoms with E-state index in [1.807, 2.05) is 23.9 Å². The first-order chi connectivity index (χ1) is 7.63. The Morgan fingerprint density at radius 2 is 2.06 bits per heavy atom. The molecule has 0 fully saturated rings. The number of carbonyl (C=O) groups is 1. The first-order valence-electron chi connectivity index (χ1n) is 5.18. The van der Waals surface area contributed by atoms with Crippen molar-refractivity contribution in [3.8, 4) is 0 Å². The van der Waals surface area contributed by atoms with E-state index in [1.165, 1.54) is 0 Å². The number of benzene rings is 1. The fraction of sp³-hybridized carbons (Fsp3) is 0.417. The molecule has 1 aromatic carbocycles. The van der Waals surface area contributed by atoms with Crippen molar-refractivity contribution in [1.29, 1.82) is 0 Å². The monoisotopic (exact) mass is 239 g/mol. The quantitative estimate of drug-likeness (QED) is 0.799. The third kappa shape index (κ3) is 4.24. The smallest absolute Gasteiger partial charge is 0.335 e. The van der Waals surface area contributed by atoms with Gasteiger partial charge in [-0.1, -0.05) is 12.1 Å². The molecule has 0 aromatic heterocycles. The van der Waals surface area contributed by atoms with E-state index in [1.54, 1.807) is 12.1 Å². The maximum Gasteiger partial charge on any atom is 0.335 e. The Hall–Kier alpha value is -1.00. The summed E-state index contributed by atoms with van der Waals surface area (Å²) in [6.45, 7) is 2.92. The maximum atomic E-state index is 10.6. The molecule has 3 nitrogen and oxygen atoms in total. The van der Waals surface area contributed by atoms with Gasteiger partial charge < -0.3 is 10.4 Å². The van der Waals surface area contributed by atoms with Crippen LogP contribution in [0.25, 0.3) is 0 Å². The van der Waals surface area contributed by atoms with Crippen LogP contribution in [-0.4, -0.2) is 29.1 Å². The van der Waals surface area contributed by atoms with Gasteiger partial charge in [0.05, 0.1) is 5.56 Å². The normalized spacial score (nSPS) is 12.4. The van der Waals surface area contributed by atoms with Gasteiger partial charge in [-0.2, -0.15) is 11.8 Å². The second kappa shape index (κ2) is 6.55. The average Bonchev–Trinajstić information content (AvgIpc) is 2.27. The maximum absolute atomic E-state index is 10.6. The summed E-state index contributed by atoms with van der Waals surface area (Å²) in [5.41, 5.74) is 1.44. The molecule has 0 bridgehead atoms. The summed E-state index contributed by atoms with van der Waals surface area (Å²) >= 11 is 1.81. The SMILES string of the molecule is CSCC(C)NCc1ccc(C(=O)O)cc1. The van der Waals surface area contributed by atoms with Gasteiger partial charge in [-0.05, 0) is 30.9 Å². The van der Waals surface area contributed by atoms with Crippen LogP contribution in [0.15, 0.2) is 24.3 Å². The first kappa shape index (κ1) is 13.1. The zero-order chi connectivity index (χ0) is 12.0. The number of nitrogens with one attached hydrogen (secondary N) is 1. The van der Waals surface area contributed by atoms with Crippen molar-refractivity contribution in [2.75, 3.05) is 12.0 Å². The van der Waals surface area contributed by atoms with Crippen LogP contribution in [0.5, 0.6) is 0 Å². The predicted octanol–water partition coefficient (Wildman–Crippen LogP) is 2.23. The lowest BCUT2D eigenvalue weighted by Crippen LogP contribution is -2.27. The van der Waals surface area contributed by atoms with Crippen LogP contribution in [-0.2, 0) is 6.54 Å². The van der Waals surface area contributed by atoms with E-state index in [-0.39, 0.29) is 0 Å². The van der Waals surface area contributed by atoms with E-state index in [2.05, 4.69) is 18.5 Å². The number of thioether (sulfide) groups is 1. The van der Waals surface area contributed by atoms with Crippen LogP contribution in [0.3, 0.4) is 0 Å². The van der Waals surface area contributed by atoms with Crippen LogP contribution in [0, 0.1) is 0 Å². The topological polar surface area (TPSA) is 49.3 Å². The number of hydrogen-bond donors (Lipinski definition) is 2. The summed E-state index contributed by atoms with van der Waals surface area (Å²) in [5.74, 6) is 0.197. The number of aromatic carboxylic acids is 1. The van der Waals surface area contributed by atoms with Gasteiger partial charge in [0.1, 0.15) is 0 Å². The zero-order valence-corrected chi connectivity index (χ0v) is 10.4. The number of carboxylic acid groups (broad SMARTS) is 1. The Morgan fingerprint density at radius 1 is 1.44 bits per heavy atom. The van der Waals surface area contributed by atoms with Gasteiger partial charge in [0.2, 0.25) is 0 Å². The van der Waals surface area contributed by atoms with E-state index >= 15 is 0 Å². The van der Waals surface area contributed by atoms with Crippen LogP contribution >= 0.6 is 11.8 Å². The lowest BCUT2D eigenvalue weighted by molar-refractivity contribution is 0.0697. The summed E-state index contributed by atoms with van der Waals surface area (Å²) in [6.07, 6.45) is 2.08. The third-order valence-corrected chi connectivity index (χ3v) is 3.11. The highest BCUT2D eigenvalue weighted by molar-refractivity contribution is 7.98. The molecule has 1 aromatic rings. The molecular formula is C12H17NO2S. The molecule has 16 heavy (non-hydrogen) atoms.